The zero-order valence-electron chi connectivity index (χ0n) is 13.9. The molecule has 2 rings (SSSR count). The van der Waals surface area contributed by atoms with Crippen molar-refractivity contribution in [2.45, 2.75) is 20.4 Å². The van der Waals surface area contributed by atoms with E-state index in [4.69, 9.17) is 5.73 Å². The predicted octanol–water partition coefficient (Wildman–Crippen LogP) is 3.29. The molecule has 128 valence electrons. The second kappa shape index (κ2) is 9.92. The number of carbonyl (C=O) groups is 1. The molecule has 0 atom stereocenters. The fourth-order valence-electron chi connectivity index (χ4n) is 2.07. The first-order valence-electron chi connectivity index (χ1n) is 7.59. The minimum absolute atomic E-state index is 0. The molecule has 0 saturated carbocycles. The highest BCUT2D eigenvalue weighted by Crippen LogP contribution is 2.09. The first-order chi connectivity index (χ1) is 11.1. The first-order valence-corrected chi connectivity index (χ1v) is 7.59. The van der Waals surface area contributed by atoms with E-state index in [1.807, 2.05) is 56.3 Å². The van der Waals surface area contributed by atoms with Crippen LogP contribution >= 0.6 is 24.0 Å². The van der Waals surface area contributed by atoms with Gasteiger partial charge >= 0.3 is 0 Å². The maximum Gasteiger partial charge on any atom is 0.251 e. The Balaban J connectivity index is 0.00000288. The summed E-state index contributed by atoms with van der Waals surface area (Å²) in [7, 11) is 0. The Kier molecular flexibility index (Phi) is 8.25. The Labute approximate surface area is 159 Å². The lowest BCUT2D eigenvalue weighted by Gasteiger charge is -2.07. The minimum atomic E-state index is -0.0796. The number of nitrogens with zero attached hydrogens (tertiary/aromatic N) is 1. The number of aliphatic imine (C=N–C) groups is 1. The van der Waals surface area contributed by atoms with E-state index >= 15 is 0 Å². The molecule has 24 heavy (non-hydrogen) atoms. The average molecular weight is 438 g/mol. The van der Waals surface area contributed by atoms with Gasteiger partial charge in [-0.05, 0) is 43.7 Å². The molecule has 2 aromatic rings. The van der Waals surface area contributed by atoms with Gasteiger partial charge in [-0.15, -0.1) is 24.0 Å². The zero-order chi connectivity index (χ0) is 16.7. The molecular weight excluding hydrogens is 415 g/mol. The zero-order valence-corrected chi connectivity index (χ0v) is 16.2. The van der Waals surface area contributed by atoms with Crippen LogP contribution in [0.5, 0.6) is 0 Å². The van der Waals surface area contributed by atoms with Gasteiger partial charge in [0, 0.05) is 17.8 Å². The summed E-state index contributed by atoms with van der Waals surface area (Å²) in [5.74, 6) is 0.265. The lowest BCUT2D eigenvalue weighted by Crippen LogP contribution is -2.23. The van der Waals surface area contributed by atoms with Gasteiger partial charge in [-0.1, -0.05) is 29.8 Å². The molecule has 0 heterocycles. The molecule has 0 saturated heterocycles. The van der Waals surface area contributed by atoms with Gasteiger partial charge in [-0.2, -0.15) is 0 Å². The highest BCUT2D eigenvalue weighted by atomic mass is 127. The number of halogens is 1. The summed E-state index contributed by atoms with van der Waals surface area (Å²) in [5.41, 5.74) is 9.54. The number of benzene rings is 2. The van der Waals surface area contributed by atoms with Gasteiger partial charge in [0.2, 0.25) is 0 Å². The maximum atomic E-state index is 11.8. The van der Waals surface area contributed by atoms with E-state index in [0.717, 1.165) is 11.3 Å². The van der Waals surface area contributed by atoms with Gasteiger partial charge in [-0.25, -0.2) is 4.99 Å². The van der Waals surface area contributed by atoms with Crippen molar-refractivity contribution in [2.24, 2.45) is 10.7 Å². The number of hydrogen-bond donors (Lipinski definition) is 3. The molecule has 0 aliphatic heterocycles. The monoisotopic (exact) mass is 438 g/mol. The molecule has 6 heteroatoms. The number of guanidine groups is 1. The molecule has 0 fully saturated rings. The Morgan fingerprint density at radius 2 is 1.88 bits per heavy atom. The number of rotatable bonds is 5. The molecule has 0 bridgehead atoms. The first kappa shape index (κ1) is 20.0. The molecule has 0 aliphatic carbocycles. The summed E-state index contributed by atoms with van der Waals surface area (Å²) in [6, 6.07) is 15.3. The number of hydrogen-bond acceptors (Lipinski definition) is 2. The molecule has 4 N–H and O–H groups in total. The summed E-state index contributed by atoms with van der Waals surface area (Å²) >= 11 is 0. The van der Waals surface area contributed by atoms with Gasteiger partial charge in [0.25, 0.3) is 5.91 Å². The Bertz CT molecular complexity index is 698. The topological polar surface area (TPSA) is 79.5 Å². The lowest BCUT2D eigenvalue weighted by atomic mass is 10.1. The molecule has 0 spiro atoms. The second-order valence-corrected chi connectivity index (χ2v) is 5.25. The van der Waals surface area contributed by atoms with Crippen molar-refractivity contribution in [3.8, 4) is 0 Å². The Morgan fingerprint density at radius 3 is 2.54 bits per heavy atom. The molecule has 0 aromatic heterocycles. The number of nitrogens with one attached hydrogen (secondary N) is 2. The van der Waals surface area contributed by atoms with E-state index in [2.05, 4.69) is 15.6 Å². The van der Waals surface area contributed by atoms with Crippen LogP contribution in [0.1, 0.15) is 28.4 Å². The molecule has 0 aliphatic rings. The van der Waals surface area contributed by atoms with Gasteiger partial charge < -0.3 is 16.4 Å². The highest BCUT2D eigenvalue weighted by molar-refractivity contribution is 14.0. The van der Waals surface area contributed by atoms with Crippen LogP contribution in [0.2, 0.25) is 0 Å². The molecule has 0 unspecified atom stereocenters. The van der Waals surface area contributed by atoms with E-state index < -0.39 is 0 Å². The molecule has 1 amide bonds. The Hall–Kier alpha value is -2.09. The van der Waals surface area contributed by atoms with Crippen LogP contribution in [-0.2, 0) is 6.54 Å². The van der Waals surface area contributed by atoms with Crippen LogP contribution < -0.4 is 16.4 Å². The number of anilines is 1. The van der Waals surface area contributed by atoms with Crippen molar-refractivity contribution < 1.29 is 4.79 Å². The number of aryl methyl sites for hydroxylation is 1. The largest absolute Gasteiger partial charge is 0.370 e. The summed E-state index contributed by atoms with van der Waals surface area (Å²) < 4.78 is 0. The van der Waals surface area contributed by atoms with Crippen molar-refractivity contribution in [3.63, 3.8) is 0 Å². The standard InChI is InChI=1S/C18H22N4O.HI/c1-3-20-17(23)15-6-4-5-14(11-15)12-21-18(19)22-16-9-7-13(2)8-10-16;/h4-11H,3,12H2,1-2H3,(H,20,23)(H3,19,21,22);1H. The van der Waals surface area contributed by atoms with Crippen molar-refractivity contribution >= 4 is 41.5 Å². The van der Waals surface area contributed by atoms with Crippen molar-refractivity contribution in [1.82, 2.24) is 5.32 Å². The highest BCUT2D eigenvalue weighted by Gasteiger charge is 2.04. The van der Waals surface area contributed by atoms with E-state index in [9.17, 15) is 4.79 Å². The maximum absolute atomic E-state index is 11.8. The van der Waals surface area contributed by atoms with E-state index in [-0.39, 0.29) is 29.9 Å². The van der Waals surface area contributed by atoms with Crippen molar-refractivity contribution in [1.29, 1.82) is 0 Å². The summed E-state index contributed by atoms with van der Waals surface area (Å²) in [5, 5.41) is 5.82. The van der Waals surface area contributed by atoms with E-state index in [1.165, 1.54) is 5.56 Å². The van der Waals surface area contributed by atoms with Crippen LogP contribution in [0, 0.1) is 6.92 Å². The third-order valence-corrected chi connectivity index (χ3v) is 3.28. The number of carbonyl (C=O) groups excluding carboxylic acids is 1. The predicted molar refractivity (Wildman–Crippen MR) is 110 cm³/mol. The van der Waals surface area contributed by atoms with E-state index in [1.54, 1.807) is 6.07 Å². The fraction of sp³-hybridized carbons (Fsp3) is 0.222. The van der Waals surface area contributed by atoms with Crippen LogP contribution in [-0.4, -0.2) is 18.4 Å². The quantitative estimate of drug-likeness (QED) is 0.381. The van der Waals surface area contributed by atoms with Crippen LogP contribution in [0.3, 0.4) is 0 Å². The van der Waals surface area contributed by atoms with Crippen molar-refractivity contribution in [3.05, 3.63) is 65.2 Å². The number of amides is 1. The molecule has 5 nitrogen and oxygen atoms in total. The van der Waals surface area contributed by atoms with Crippen LogP contribution in [0.15, 0.2) is 53.5 Å². The van der Waals surface area contributed by atoms with Crippen LogP contribution in [0.25, 0.3) is 0 Å². The van der Waals surface area contributed by atoms with Gasteiger partial charge in [0.05, 0.1) is 6.54 Å². The normalized spacial score (nSPS) is 10.7. The smallest absolute Gasteiger partial charge is 0.251 e. The summed E-state index contributed by atoms with van der Waals surface area (Å²) in [4.78, 5) is 16.1. The van der Waals surface area contributed by atoms with E-state index in [0.29, 0.717) is 24.6 Å². The SMILES string of the molecule is CCNC(=O)c1cccc(CN=C(N)Nc2ccc(C)cc2)c1.I. The average Bonchev–Trinajstić information content (AvgIpc) is 2.56. The lowest BCUT2D eigenvalue weighted by molar-refractivity contribution is 0.0955. The summed E-state index contributed by atoms with van der Waals surface area (Å²) in [6.45, 7) is 4.94. The second-order valence-electron chi connectivity index (χ2n) is 5.25. The van der Waals surface area contributed by atoms with Crippen molar-refractivity contribution in [2.75, 3.05) is 11.9 Å². The molecule has 2 aromatic carbocycles. The van der Waals surface area contributed by atoms with Crippen LogP contribution in [0.4, 0.5) is 5.69 Å². The van der Waals surface area contributed by atoms with Gasteiger partial charge in [-0.3, -0.25) is 4.79 Å². The number of nitrogens with two attached hydrogens (primary N) is 1. The Morgan fingerprint density at radius 1 is 1.17 bits per heavy atom. The minimum Gasteiger partial charge on any atom is -0.370 e. The van der Waals surface area contributed by atoms with Gasteiger partial charge in [0.1, 0.15) is 0 Å². The van der Waals surface area contributed by atoms with Gasteiger partial charge in [0.15, 0.2) is 5.96 Å². The molecule has 0 radical (unpaired) electrons. The summed E-state index contributed by atoms with van der Waals surface area (Å²) in [6.07, 6.45) is 0. The molecular formula is C18H23IN4O. The third kappa shape index (κ3) is 6.19. The fourth-order valence-corrected chi connectivity index (χ4v) is 2.07. The third-order valence-electron chi connectivity index (χ3n) is 3.28.